The highest BCUT2D eigenvalue weighted by molar-refractivity contribution is 5.41. The lowest BCUT2D eigenvalue weighted by atomic mass is 9.83. The lowest BCUT2D eigenvalue weighted by molar-refractivity contribution is 0.113. The number of nitrogens with zero attached hydrogens (tertiary/aromatic N) is 4. The van der Waals surface area contributed by atoms with E-state index >= 15 is 0 Å². The first-order chi connectivity index (χ1) is 13.1. The lowest BCUT2D eigenvalue weighted by Crippen LogP contribution is -2.46. The summed E-state index contributed by atoms with van der Waals surface area (Å²) in [5.74, 6) is 0.843. The van der Waals surface area contributed by atoms with Gasteiger partial charge in [-0.3, -0.25) is 18.9 Å². The molecule has 0 aromatic carbocycles. The van der Waals surface area contributed by atoms with Gasteiger partial charge in [0.1, 0.15) is 5.65 Å². The largest absolute Gasteiger partial charge is 0.312 e. The first-order valence-electron chi connectivity index (χ1n) is 9.48. The van der Waals surface area contributed by atoms with Crippen molar-refractivity contribution in [2.24, 2.45) is 5.92 Å². The molecular formula is C21H22N4O2. The number of aryl methyl sites for hydroxylation is 1. The van der Waals surface area contributed by atoms with Crippen molar-refractivity contribution in [2.75, 3.05) is 13.1 Å². The molecule has 0 N–H and O–H groups in total. The first-order valence-corrected chi connectivity index (χ1v) is 9.48. The highest BCUT2D eigenvalue weighted by Gasteiger charge is 2.34. The molecule has 0 unspecified atom stereocenters. The van der Waals surface area contributed by atoms with Gasteiger partial charge in [-0.2, -0.15) is 0 Å². The second-order valence-electron chi connectivity index (χ2n) is 7.91. The molecule has 5 rings (SSSR count). The Morgan fingerprint density at radius 2 is 1.96 bits per heavy atom. The zero-order valence-electron chi connectivity index (χ0n) is 15.3. The molecule has 0 radical (unpaired) electrons. The van der Waals surface area contributed by atoms with E-state index < -0.39 is 0 Å². The molecule has 2 aliphatic rings. The highest BCUT2D eigenvalue weighted by atomic mass is 16.1. The summed E-state index contributed by atoms with van der Waals surface area (Å²) >= 11 is 0. The minimum Gasteiger partial charge on any atom is -0.312 e. The zero-order chi connectivity index (χ0) is 18.5. The van der Waals surface area contributed by atoms with E-state index in [0.29, 0.717) is 24.0 Å². The average Bonchev–Trinajstić information content (AvgIpc) is 2.62. The minimum absolute atomic E-state index is 0.0379. The molecule has 138 valence electrons. The molecule has 6 heteroatoms. The normalized spacial score (nSPS) is 22.0. The molecule has 6 nitrogen and oxygen atoms in total. The molecular weight excluding hydrogens is 340 g/mol. The Bertz CT molecular complexity index is 1150. The highest BCUT2D eigenvalue weighted by Crippen LogP contribution is 2.35. The van der Waals surface area contributed by atoms with Crippen LogP contribution in [0.3, 0.4) is 0 Å². The Balaban J connectivity index is 1.44. The van der Waals surface area contributed by atoms with Crippen molar-refractivity contribution in [2.45, 2.75) is 32.4 Å². The van der Waals surface area contributed by atoms with Crippen LogP contribution >= 0.6 is 0 Å². The van der Waals surface area contributed by atoms with Gasteiger partial charge in [0.15, 0.2) is 0 Å². The molecule has 2 aliphatic heterocycles. The van der Waals surface area contributed by atoms with Crippen LogP contribution in [0.1, 0.15) is 29.3 Å². The molecule has 5 heterocycles. The third kappa shape index (κ3) is 2.90. The van der Waals surface area contributed by atoms with Crippen molar-refractivity contribution in [3.63, 3.8) is 0 Å². The quantitative estimate of drug-likeness (QED) is 0.697. The second-order valence-corrected chi connectivity index (χ2v) is 7.91. The van der Waals surface area contributed by atoms with Gasteiger partial charge in [0, 0.05) is 56.1 Å². The van der Waals surface area contributed by atoms with Gasteiger partial charge in [-0.25, -0.2) is 4.98 Å². The molecule has 1 saturated heterocycles. The maximum Gasteiger partial charge on any atom is 0.258 e. The third-order valence-corrected chi connectivity index (χ3v) is 5.82. The monoisotopic (exact) mass is 362 g/mol. The SMILES string of the molecule is Cc1ccn2c(=O)cc(CN3C[C@@H]4C[C@@H](C3)c3cccc(=O)n3C4)nc2c1. The molecule has 3 aromatic rings. The number of fused-ring (bicyclic) bond motifs is 5. The van der Waals surface area contributed by atoms with Crippen molar-refractivity contribution in [1.29, 1.82) is 0 Å². The van der Waals surface area contributed by atoms with Gasteiger partial charge in [-0.1, -0.05) is 6.07 Å². The average molecular weight is 362 g/mol. The van der Waals surface area contributed by atoms with Crippen LogP contribution in [0.5, 0.6) is 0 Å². The van der Waals surface area contributed by atoms with Gasteiger partial charge in [0.25, 0.3) is 11.1 Å². The Morgan fingerprint density at radius 1 is 1.07 bits per heavy atom. The molecule has 0 aliphatic carbocycles. The van der Waals surface area contributed by atoms with Crippen LogP contribution in [-0.4, -0.2) is 31.9 Å². The Morgan fingerprint density at radius 3 is 2.85 bits per heavy atom. The van der Waals surface area contributed by atoms with Gasteiger partial charge in [0.2, 0.25) is 0 Å². The number of rotatable bonds is 2. The molecule has 2 atom stereocenters. The molecule has 0 amide bonds. The summed E-state index contributed by atoms with van der Waals surface area (Å²) in [4.78, 5) is 31.7. The van der Waals surface area contributed by atoms with Crippen molar-refractivity contribution in [3.8, 4) is 0 Å². The van der Waals surface area contributed by atoms with E-state index in [-0.39, 0.29) is 11.1 Å². The molecule has 1 fully saturated rings. The Labute approximate surface area is 156 Å². The van der Waals surface area contributed by atoms with Crippen LogP contribution < -0.4 is 11.1 Å². The molecule has 0 saturated carbocycles. The summed E-state index contributed by atoms with van der Waals surface area (Å²) in [6.07, 6.45) is 2.91. The van der Waals surface area contributed by atoms with E-state index in [9.17, 15) is 9.59 Å². The van der Waals surface area contributed by atoms with Crippen LogP contribution in [0, 0.1) is 12.8 Å². The maximum absolute atomic E-state index is 12.4. The summed E-state index contributed by atoms with van der Waals surface area (Å²) in [6.45, 7) is 5.30. The maximum atomic E-state index is 12.4. The van der Waals surface area contributed by atoms with Crippen molar-refractivity contribution < 1.29 is 0 Å². The predicted octanol–water partition coefficient (Wildman–Crippen LogP) is 1.78. The Hall–Kier alpha value is -2.73. The van der Waals surface area contributed by atoms with E-state index in [1.165, 1.54) is 0 Å². The van der Waals surface area contributed by atoms with Crippen molar-refractivity contribution in [1.82, 2.24) is 18.9 Å². The summed E-state index contributed by atoms with van der Waals surface area (Å²) in [7, 11) is 0. The number of pyridine rings is 2. The van der Waals surface area contributed by atoms with E-state index in [1.807, 2.05) is 29.7 Å². The van der Waals surface area contributed by atoms with Crippen molar-refractivity contribution in [3.05, 3.63) is 80.3 Å². The van der Waals surface area contributed by atoms with Gasteiger partial charge >= 0.3 is 0 Å². The van der Waals surface area contributed by atoms with E-state index in [1.54, 1.807) is 22.7 Å². The van der Waals surface area contributed by atoms with Gasteiger partial charge in [-0.15, -0.1) is 0 Å². The van der Waals surface area contributed by atoms with E-state index in [4.69, 9.17) is 4.98 Å². The minimum atomic E-state index is -0.0379. The van der Waals surface area contributed by atoms with E-state index in [2.05, 4.69) is 11.0 Å². The third-order valence-electron chi connectivity index (χ3n) is 5.82. The zero-order valence-corrected chi connectivity index (χ0v) is 15.3. The van der Waals surface area contributed by atoms with Crippen LogP contribution in [0.25, 0.3) is 5.65 Å². The lowest BCUT2D eigenvalue weighted by Gasteiger charge is -2.42. The van der Waals surface area contributed by atoms with Crippen LogP contribution in [0.15, 0.2) is 52.2 Å². The van der Waals surface area contributed by atoms with Crippen LogP contribution in [-0.2, 0) is 13.1 Å². The summed E-state index contributed by atoms with van der Waals surface area (Å²) in [6, 6.07) is 11.1. The first kappa shape index (κ1) is 16.4. The van der Waals surface area contributed by atoms with Crippen LogP contribution in [0.4, 0.5) is 0 Å². The standard InChI is InChI=1S/C21H22N4O2/c1-14-5-6-24-19(7-14)22-17(9-21(24)27)13-23-10-15-8-16(12-23)18-3-2-4-20(26)25(18)11-15/h2-7,9,15-16H,8,10-13H2,1H3/t15-,16-/m0/s1. The topological polar surface area (TPSA) is 59.6 Å². The Kier molecular flexibility index (Phi) is 3.75. The van der Waals surface area contributed by atoms with Crippen molar-refractivity contribution >= 4 is 5.65 Å². The second kappa shape index (κ2) is 6.16. The number of aromatic nitrogens is 3. The van der Waals surface area contributed by atoms with Crippen LogP contribution in [0.2, 0.25) is 0 Å². The fraction of sp³-hybridized carbons (Fsp3) is 0.381. The summed E-state index contributed by atoms with van der Waals surface area (Å²) < 4.78 is 3.53. The molecule has 2 bridgehead atoms. The molecule has 0 spiro atoms. The van der Waals surface area contributed by atoms with Gasteiger partial charge < -0.3 is 4.57 Å². The number of piperidine rings is 1. The number of hydrogen-bond acceptors (Lipinski definition) is 4. The predicted molar refractivity (Wildman–Crippen MR) is 103 cm³/mol. The molecule has 3 aromatic heterocycles. The van der Waals surface area contributed by atoms with Gasteiger partial charge in [0.05, 0.1) is 5.69 Å². The fourth-order valence-corrected chi connectivity index (χ4v) is 4.69. The summed E-state index contributed by atoms with van der Waals surface area (Å²) in [5.41, 5.74) is 3.82. The number of likely N-dealkylation sites (tertiary alicyclic amines) is 1. The smallest absolute Gasteiger partial charge is 0.258 e. The van der Waals surface area contributed by atoms with Gasteiger partial charge in [-0.05, 0) is 43.0 Å². The van der Waals surface area contributed by atoms with E-state index in [0.717, 1.165) is 43.0 Å². The fourth-order valence-electron chi connectivity index (χ4n) is 4.69. The summed E-state index contributed by atoms with van der Waals surface area (Å²) in [5, 5.41) is 0. The number of hydrogen-bond donors (Lipinski definition) is 0. The molecule has 27 heavy (non-hydrogen) atoms.